The molecule has 0 radical (unpaired) electrons. The van der Waals surface area contributed by atoms with E-state index in [-0.39, 0.29) is 18.4 Å². The summed E-state index contributed by atoms with van der Waals surface area (Å²) >= 11 is 0. The fourth-order valence-electron chi connectivity index (χ4n) is 1.82. The molecule has 98 valence electrons. The number of hydrogen-bond acceptors (Lipinski definition) is 3. The number of aliphatic carboxylic acids is 1. The maximum absolute atomic E-state index is 11.6. The van der Waals surface area contributed by atoms with Crippen molar-refractivity contribution < 1.29 is 14.7 Å². The second-order valence-electron chi connectivity index (χ2n) is 4.81. The average Bonchev–Trinajstić information content (AvgIpc) is 3.07. The van der Waals surface area contributed by atoms with E-state index in [4.69, 9.17) is 10.8 Å². The lowest BCUT2D eigenvalue weighted by atomic mass is 10.1. The summed E-state index contributed by atoms with van der Waals surface area (Å²) in [5, 5.41) is 11.5. The average molecular weight is 242 g/mol. The van der Waals surface area contributed by atoms with Crippen LogP contribution in [-0.4, -0.2) is 29.1 Å². The molecule has 1 fully saturated rings. The molecule has 17 heavy (non-hydrogen) atoms. The van der Waals surface area contributed by atoms with Crippen molar-refractivity contribution in [1.29, 1.82) is 0 Å². The smallest absolute Gasteiger partial charge is 0.326 e. The molecule has 1 aliphatic rings. The van der Waals surface area contributed by atoms with Crippen LogP contribution < -0.4 is 11.1 Å². The molecule has 0 aromatic heterocycles. The lowest BCUT2D eigenvalue weighted by molar-refractivity contribution is -0.142. The van der Waals surface area contributed by atoms with Crippen LogP contribution in [0.3, 0.4) is 0 Å². The molecule has 4 N–H and O–H groups in total. The fourth-order valence-corrected chi connectivity index (χ4v) is 1.82. The third kappa shape index (κ3) is 5.17. The van der Waals surface area contributed by atoms with E-state index < -0.39 is 12.0 Å². The van der Waals surface area contributed by atoms with Crippen LogP contribution in [0.15, 0.2) is 0 Å². The van der Waals surface area contributed by atoms with Crippen LogP contribution in [0.1, 0.15) is 45.4 Å². The van der Waals surface area contributed by atoms with Crippen molar-refractivity contribution in [2.45, 2.75) is 57.5 Å². The summed E-state index contributed by atoms with van der Waals surface area (Å²) in [6.45, 7) is 1.99. The van der Waals surface area contributed by atoms with Crippen LogP contribution >= 0.6 is 0 Å². The van der Waals surface area contributed by atoms with E-state index in [1.807, 2.05) is 6.92 Å². The van der Waals surface area contributed by atoms with Gasteiger partial charge in [0.2, 0.25) is 5.91 Å². The number of nitrogens with one attached hydrogen (secondary N) is 1. The largest absolute Gasteiger partial charge is 0.480 e. The first-order valence-corrected chi connectivity index (χ1v) is 6.32. The van der Waals surface area contributed by atoms with Gasteiger partial charge in [-0.2, -0.15) is 0 Å². The number of hydrogen-bond donors (Lipinski definition) is 3. The first-order valence-electron chi connectivity index (χ1n) is 6.32. The summed E-state index contributed by atoms with van der Waals surface area (Å²) in [6.07, 6.45) is 4.61. The van der Waals surface area contributed by atoms with Gasteiger partial charge in [-0.1, -0.05) is 19.8 Å². The highest BCUT2D eigenvalue weighted by molar-refractivity contribution is 5.83. The summed E-state index contributed by atoms with van der Waals surface area (Å²) in [5.41, 5.74) is 5.82. The minimum atomic E-state index is -0.966. The molecule has 2 atom stereocenters. The van der Waals surface area contributed by atoms with Crippen LogP contribution in [0, 0.1) is 5.92 Å². The van der Waals surface area contributed by atoms with Crippen LogP contribution in [0.4, 0.5) is 0 Å². The minimum absolute atomic E-state index is 0.115. The molecule has 5 heteroatoms. The summed E-state index contributed by atoms with van der Waals surface area (Å²) in [4.78, 5) is 22.5. The molecular formula is C12H22N2O3. The molecule has 1 amide bonds. The van der Waals surface area contributed by atoms with Gasteiger partial charge < -0.3 is 16.2 Å². The zero-order chi connectivity index (χ0) is 12.8. The van der Waals surface area contributed by atoms with E-state index in [1.165, 1.54) is 0 Å². The number of carbonyl (C=O) groups is 2. The minimum Gasteiger partial charge on any atom is -0.480 e. The number of carboxylic acids is 1. The summed E-state index contributed by atoms with van der Waals surface area (Å²) < 4.78 is 0. The quantitative estimate of drug-likeness (QED) is 0.589. The van der Waals surface area contributed by atoms with Crippen molar-refractivity contribution >= 4 is 11.9 Å². The number of carboxylic acid groups (broad SMARTS) is 1. The van der Waals surface area contributed by atoms with Crippen molar-refractivity contribution in [2.24, 2.45) is 11.7 Å². The molecule has 0 heterocycles. The lowest BCUT2D eigenvalue weighted by Gasteiger charge is -2.16. The van der Waals surface area contributed by atoms with E-state index in [0.717, 1.165) is 25.7 Å². The van der Waals surface area contributed by atoms with Crippen molar-refractivity contribution in [1.82, 2.24) is 5.32 Å². The van der Waals surface area contributed by atoms with Crippen LogP contribution in [0.2, 0.25) is 0 Å². The number of unbranched alkanes of at least 4 members (excludes halogenated alkanes) is 1. The van der Waals surface area contributed by atoms with E-state index in [0.29, 0.717) is 12.3 Å². The SMILES string of the molecule is CCCCC(NC(=O)CC(N)C1CC1)C(=O)O. The lowest BCUT2D eigenvalue weighted by Crippen LogP contribution is -2.43. The number of nitrogens with two attached hydrogens (primary N) is 1. The molecule has 1 rings (SSSR count). The fraction of sp³-hybridized carbons (Fsp3) is 0.833. The Labute approximate surface area is 102 Å². The van der Waals surface area contributed by atoms with Gasteiger partial charge in [-0.15, -0.1) is 0 Å². The van der Waals surface area contributed by atoms with Crippen molar-refractivity contribution in [3.63, 3.8) is 0 Å². The van der Waals surface area contributed by atoms with Crippen LogP contribution in [0.5, 0.6) is 0 Å². The summed E-state index contributed by atoms with van der Waals surface area (Å²) in [7, 11) is 0. The Morgan fingerprint density at radius 1 is 1.47 bits per heavy atom. The van der Waals surface area contributed by atoms with E-state index in [1.54, 1.807) is 0 Å². The highest BCUT2D eigenvalue weighted by Crippen LogP contribution is 2.32. The van der Waals surface area contributed by atoms with Gasteiger partial charge in [0.25, 0.3) is 0 Å². The predicted molar refractivity (Wildman–Crippen MR) is 64.4 cm³/mol. The summed E-state index contributed by atoms with van der Waals surface area (Å²) in [6, 6.07) is -0.885. The van der Waals surface area contributed by atoms with Gasteiger partial charge >= 0.3 is 5.97 Å². The standard InChI is InChI=1S/C12H22N2O3/c1-2-3-4-10(12(16)17)14-11(15)7-9(13)8-5-6-8/h8-10H,2-7,13H2,1H3,(H,14,15)(H,16,17). The van der Waals surface area contributed by atoms with Gasteiger partial charge in [0.1, 0.15) is 6.04 Å². The maximum Gasteiger partial charge on any atom is 0.326 e. The molecule has 1 saturated carbocycles. The molecule has 1 aliphatic carbocycles. The van der Waals surface area contributed by atoms with Gasteiger partial charge in [-0.25, -0.2) is 4.79 Å². The predicted octanol–water partition coefficient (Wildman–Crippen LogP) is 0.873. The van der Waals surface area contributed by atoms with E-state index in [9.17, 15) is 9.59 Å². The molecule has 0 aliphatic heterocycles. The molecule has 2 unspecified atom stereocenters. The van der Waals surface area contributed by atoms with Crippen molar-refractivity contribution in [3.8, 4) is 0 Å². The maximum atomic E-state index is 11.6. The first-order chi connectivity index (χ1) is 8.04. The Balaban J connectivity index is 2.31. The monoisotopic (exact) mass is 242 g/mol. The summed E-state index contributed by atoms with van der Waals surface area (Å²) in [5.74, 6) is -0.751. The Morgan fingerprint density at radius 3 is 2.59 bits per heavy atom. The number of rotatable bonds is 8. The molecule has 5 nitrogen and oxygen atoms in total. The third-order valence-electron chi connectivity index (χ3n) is 3.13. The zero-order valence-electron chi connectivity index (χ0n) is 10.3. The number of carbonyl (C=O) groups excluding carboxylic acids is 1. The van der Waals surface area contributed by atoms with Crippen LogP contribution in [-0.2, 0) is 9.59 Å². The Morgan fingerprint density at radius 2 is 2.12 bits per heavy atom. The van der Waals surface area contributed by atoms with Crippen LogP contribution in [0.25, 0.3) is 0 Å². The van der Waals surface area contributed by atoms with Gasteiger partial charge in [0, 0.05) is 12.5 Å². The van der Waals surface area contributed by atoms with Gasteiger partial charge in [0.15, 0.2) is 0 Å². The topological polar surface area (TPSA) is 92.4 Å². The molecule has 0 spiro atoms. The Bertz CT molecular complexity index is 277. The number of amides is 1. The molecule has 0 aromatic rings. The van der Waals surface area contributed by atoms with Gasteiger partial charge in [0.05, 0.1) is 0 Å². The third-order valence-corrected chi connectivity index (χ3v) is 3.13. The Hall–Kier alpha value is -1.10. The Kier molecular flexibility index (Phi) is 5.41. The highest BCUT2D eigenvalue weighted by atomic mass is 16.4. The normalized spacial score (nSPS) is 18.5. The van der Waals surface area contributed by atoms with Crippen molar-refractivity contribution in [3.05, 3.63) is 0 Å². The molecule has 0 aromatic carbocycles. The second kappa shape index (κ2) is 6.59. The first kappa shape index (κ1) is 14.0. The van der Waals surface area contributed by atoms with E-state index in [2.05, 4.69) is 5.32 Å². The molecule has 0 bridgehead atoms. The molecular weight excluding hydrogens is 220 g/mol. The van der Waals surface area contributed by atoms with E-state index >= 15 is 0 Å². The second-order valence-corrected chi connectivity index (χ2v) is 4.81. The van der Waals surface area contributed by atoms with Gasteiger partial charge in [-0.05, 0) is 25.2 Å². The zero-order valence-corrected chi connectivity index (χ0v) is 10.3. The van der Waals surface area contributed by atoms with Crippen molar-refractivity contribution in [2.75, 3.05) is 0 Å². The highest BCUT2D eigenvalue weighted by Gasteiger charge is 2.30. The van der Waals surface area contributed by atoms with Gasteiger partial charge in [-0.3, -0.25) is 4.79 Å². The molecule has 0 saturated heterocycles.